The molecular weight excluding hydrogens is 386 g/mol. The number of hydrogen-bond acceptors (Lipinski definition) is 4. The molecule has 0 N–H and O–H groups in total. The number of carbonyl (C=O) groups excluding carboxylic acids is 2. The molecule has 1 unspecified atom stereocenters. The molecule has 29 heavy (non-hydrogen) atoms. The minimum absolute atomic E-state index is 0.0172. The Hall–Kier alpha value is -3.68. The van der Waals surface area contributed by atoms with Gasteiger partial charge in [0, 0.05) is 5.02 Å². The first-order chi connectivity index (χ1) is 14.0. The van der Waals surface area contributed by atoms with Crippen LogP contribution in [0.3, 0.4) is 0 Å². The van der Waals surface area contributed by atoms with E-state index in [1.165, 1.54) is 0 Å². The Morgan fingerprint density at radius 2 is 1.45 bits per heavy atom. The average molecular weight is 400 g/mol. The van der Waals surface area contributed by atoms with Gasteiger partial charge in [-0.25, -0.2) is 0 Å². The van der Waals surface area contributed by atoms with Gasteiger partial charge in [0.15, 0.2) is 5.76 Å². The normalized spacial score (nSPS) is 17.2. The van der Waals surface area contributed by atoms with Crippen LogP contribution in [0.2, 0.25) is 5.02 Å². The molecule has 0 aromatic heterocycles. The van der Waals surface area contributed by atoms with Gasteiger partial charge in [-0.15, -0.1) is 0 Å². The topological polar surface area (TPSA) is 67.2 Å². The molecule has 1 aliphatic heterocycles. The molecule has 1 fully saturated rings. The van der Waals surface area contributed by atoms with Crippen LogP contribution >= 0.6 is 11.6 Å². The van der Waals surface area contributed by atoms with Crippen LogP contribution in [0, 0.1) is 11.3 Å². The molecule has 0 amide bonds. The lowest BCUT2D eigenvalue weighted by Gasteiger charge is -2.03. The van der Waals surface area contributed by atoms with Crippen LogP contribution in [0.1, 0.15) is 22.6 Å². The van der Waals surface area contributed by atoms with E-state index in [-0.39, 0.29) is 11.5 Å². The van der Waals surface area contributed by atoms with Crippen LogP contribution in [0.4, 0.5) is 0 Å². The number of benzene rings is 3. The summed E-state index contributed by atoms with van der Waals surface area (Å²) in [7, 11) is 0. The summed E-state index contributed by atoms with van der Waals surface area (Å²) in [4.78, 5) is 25.0. The third-order valence-corrected chi connectivity index (χ3v) is 4.96. The fourth-order valence-corrected chi connectivity index (χ4v) is 3.30. The molecule has 0 bridgehead atoms. The van der Waals surface area contributed by atoms with Crippen molar-refractivity contribution < 1.29 is 14.3 Å². The Morgan fingerprint density at radius 3 is 2.03 bits per heavy atom. The second kappa shape index (κ2) is 7.75. The van der Waals surface area contributed by atoms with Crippen LogP contribution in [-0.4, -0.2) is 11.8 Å². The summed E-state index contributed by atoms with van der Waals surface area (Å²) in [6, 6.07) is 23.4. The van der Waals surface area contributed by atoms with Crippen LogP contribution < -0.4 is 0 Å². The van der Waals surface area contributed by atoms with Gasteiger partial charge in [0.2, 0.25) is 5.78 Å². The number of cyclic esters (lactones) is 1. The number of ether oxygens (including phenoxy) is 1. The van der Waals surface area contributed by atoms with E-state index in [1.54, 1.807) is 30.3 Å². The zero-order valence-corrected chi connectivity index (χ0v) is 15.9. The summed E-state index contributed by atoms with van der Waals surface area (Å²) in [5.74, 6) is -1.98. The van der Waals surface area contributed by atoms with Crippen molar-refractivity contribution in [3.05, 3.63) is 100 Å². The molecule has 0 spiro atoms. The predicted octanol–water partition coefficient (Wildman–Crippen LogP) is 5.13. The van der Waals surface area contributed by atoms with E-state index in [1.807, 2.05) is 54.6 Å². The van der Waals surface area contributed by atoms with Crippen LogP contribution in [0.25, 0.3) is 17.2 Å². The van der Waals surface area contributed by atoms with Crippen molar-refractivity contribution in [3.63, 3.8) is 0 Å². The molecule has 0 saturated carbocycles. The average Bonchev–Trinajstić information content (AvgIpc) is 3.02. The van der Waals surface area contributed by atoms with E-state index in [0.29, 0.717) is 16.1 Å². The first-order valence-electron chi connectivity index (χ1n) is 8.89. The maximum absolute atomic E-state index is 12.7. The zero-order valence-electron chi connectivity index (χ0n) is 15.1. The van der Waals surface area contributed by atoms with Gasteiger partial charge in [0.25, 0.3) is 0 Å². The Morgan fingerprint density at radius 1 is 0.862 bits per heavy atom. The summed E-state index contributed by atoms with van der Waals surface area (Å²) in [6.07, 6.45) is 1.57. The quantitative estimate of drug-likeness (QED) is 0.348. The van der Waals surface area contributed by atoms with Crippen molar-refractivity contribution in [2.75, 3.05) is 0 Å². The third-order valence-electron chi connectivity index (χ3n) is 4.71. The fraction of sp³-hybridized carbons (Fsp3) is 0.0417. The number of ketones is 1. The number of rotatable bonds is 3. The van der Waals surface area contributed by atoms with Gasteiger partial charge in [0.05, 0.1) is 11.6 Å². The molecule has 1 aliphatic rings. The third kappa shape index (κ3) is 3.82. The molecule has 140 valence electrons. The predicted molar refractivity (Wildman–Crippen MR) is 110 cm³/mol. The van der Waals surface area contributed by atoms with Crippen LogP contribution in [0.15, 0.2) is 78.6 Å². The lowest BCUT2D eigenvalue weighted by atomic mass is 9.94. The lowest BCUT2D eigenvalue weighted by molar-refractivity contribution is -0.136. The lowest BCUT2D eigenvalue weighted by Crippen LogP contribution is -2.12. The number of carbonyl (C=O) groups is 2. The molecule has 0 aliphatic carbocycles. The number of Topliss-reactive ketones (excluding diaryl/α,β-unsaturated/α-hetero) is 1. The second-order valence-corrected chi connectivity index (χ2v) is 7.03. The smallest absolute Gasteiger partial charge is 0.327 e. The Labute approximate surface area is 172 Å². The second-order valence-electron chi connectivity index (χ2n) is 6.59. The molecule has 0 radical (unpaired) electrons. The highest BCUT2D eigenvalue weighted by Crippen LogP contribution is 2.31. The Kier molecular flexibility index (Phi) is 4.99. The van der Waals surface area contributed by atoms with Gasteiger partial charge >= 0.3 is 5.97 Å². The summed E-state index contributed by atoms with van der Waals surface area (Å²) < 4.78 is 5.22. The first kappa shape index (κ1) is 18.7. The monoisotopic (exact) mass is 399 g/mol. The number of hydrogen-bond donors (Lipinski definition) is 0. The number of nitrogens with zero attached hydrogens (tertiary/aromatic N) is 1. The summed E-state index contributed by atoms with van der Waals surface area (Å²) in [6.45, 7) is 0. The summed E-state index contributed by atoms with van der Waals surface area (Å²) >= 11 is 5.92. The molecule has 3 aromatic carbocycles. The molecule has 1 heterocycles. The Balaban J connectivity index is 1.56. The van der Waals surface area contributed by atoms with Gasteiger partial charge in [-0.3, -0.25) is 9.59 Å². The maximum atomic E-state index is 12.7. The van der Waals surface area contributed by atoms with Crippen molar-refractivity contribution in [2.24, 2.45) is 0 Å². The first-order valence-corrected chi connectivity index (χ1v) is 9.26. The maximum Gasteiger partial charge on any atom is 0.327 e. The fourth-order valence-electron chi connectivity index (χ4n) is 3.17. The van der Waals surface area contributed by atoms with Crippen molar-refractivity contribution in [2.45, 2.75) is 5.92 Å². The van der Waals surface area contributed by atoms with E-state index in [4.69, 9.17) is 21.6 Å². The van der Waals surface area contributed by atoms with Crippen molar-refractivity contribution in [1.29, 1.82) is 5.26 Å². The largest absolute Gasteiger partial charge is 0.422 e. The van der Waals surface area contributed by atoms with Crippen molar-refractivity contribution in [1.82, 2.24) is 0 Å². The van der Waals surface area contributed by atoms with E-state index < -0.39 is 11.9 Å². The molecule has 4 rings (SSSR count). The zero-order chi connectivity index (χ0) is 20.4. The molecule has 3 aromatic rings. The molecule has 1 saturated heterocycles. The molecular formula is C24H14ClNO3. The van der Waals surface area contributed by atoms with Gasteiger partial charge in [0.1, 0.15) is 5.92 Å². The standard InChI is InChI=1S/C24H14ClNO3/c25-20-11-9-18(10-12-20)17-5-1-15(2-6-17)13-21-23(27)22(24(28)29-21)19-7-3-16(14-26)4-8-19/h1-13,22H/b21-13-. The van der Waals surface area contributed by atoms with Gasteiger partial charge in [-0.05, 0) is 52.6 Å². The van der Waals surface area contributed by atoms with E-state index in [9.17, 15) is 9.59 Å². The SMILES string of the molecule is N#Cc1ccc(C2C(=O)O/C(=C\c3ccc(-c4ccc(Cl)cc4)cc3)C2=O)cc1. The number of allylic oxidation sites excluding steroid dienone is 1. The minimum atomic E-state index is -0.998. The summed E-state index contributed by atoms with van der Waals surface area (Å²) in [5, 5.41) is 9.56. The Bertz CT molecular complexity index is 1150. The number of halogens is 1. The van der Waals surface area contributed by atoms with E-state index in [2.05, 4.69) is 0 Å². The molecule has 4 nitrogen and oxygen atoms in total. The summed E-state index contributed by atoms with van der Waals surface area (Å²) in [5.41, 5.74) is 3.76. The minimum Gasteiger partial charge on any atom is -0.422 e. The highest BCUT2D eigenvalue weighted by molar-refractivity contribution is 6.30. The van der Waals surface area contributed by atoms with Gasteiger partial charge in [-0.1, -0.05) is 60.1 Å². The molecule has 5 heteroatoms. The van der Waals surface area contributed by atoms with Crippen LogP contribution in [-0.2, 0) is 14.3 Å². The molecule has 1 atom stereocenters. The highest BCUT2D eigenvalue weighted by atomic mass is 35.5. The van der Waals surface area contributed by atoms with Gasteiger partial charge in [-0.2, -0.15) is 5.26 Å². The van der Waals surface area contributed by atoms with Gasteiger partial charge < -0.3 is 4.74 Å². The van der Waals surface area contributed by atoms with Crippen molar-refractivity contribution in [3.8, 4) is 17.2 Å². The van der Waals surface area contributed by atoms with E-state index >= 15 is 0 Å². The highest BCUT2D eigenvalue weighted by Gasteiger charge is 2.41. The van der Waals surface area contributed by atoms with E-state index in [0.717, 1.165) is 16.7 Å². The number of nitriles is 1. The van der Waals surface area contributed by atoms with Crippen LogP contribution in [0.5, 0.6) is 0 Å². The number of esters is 1. The van der Waals surface area contributed by atoms with Crippen molar-refractivity contribution >= 4 is 29.4 Å².